The van der Waals surface area contributed by atoms with Crippen LogP contribution in [0.15, 0.2) is 0 Å². The van der Waals surface area contributed by atoms with E-state index in [0.717, 1.165) is 0 Å². The van der Waals surface area contributed by atoms with Crippen LogP contribution in [0.1, 0.15) is 0 Å². The van der Waals surface area contributed by atoms with Gasteiger partial charge in [-0.25, -0.2) is 0 Å². The van der Waals surface area contributed by atoms with E-state index < -0.39 is 4.81 Å². The van der Waals surface area contributed by atoms with Crippen molar-refractivity contribution < 1.29 is 4.81 Å². The number of hydrogen-bond donors (Lipinski definition) is 0. The smallest absolute Gasteiger partial charge is 0.0915 e. The van der Waals surface area contributed by atoms with Gasteiger partial charge in [-0.2, -0.15) is 0 Å². The Morgan fingerprint density at radius 2 is 2.25 bits per heavy atom. The van der Waals surface area contributed by atoms with Crippen LogP contribution in [0, 0.1) is 16.2 Å². The van der Waals surface area contributed by atoms with E-state index in [1.54, 1.807) is 17.5 Å². The molecule has 0 amide bonds. The summed E-state index contributed by atoms with van der Waals surface area (Å²) < 4.78 is 0. The fourth-order valence-corrected chi connectivity index (χ4v) is 1.42. The second-order valence-corrected chi connectivity index (χ2v) is 2.83. The third-order valence-electron chi connectivity index (χ3n) is 1.02. The molecule has 0 atom stereocenters. The van der Waals surface area contributed by atoms with E-state index in [2.05, 4.69) is 0 Å². The molecule has 0 aliphatic carbocycles. The van der Waals surface area contributed by atoms with Gasteiger partial charge in [0.2, 0.25) is 0 Å². The molecule has 4 heteroatoms. The first-order chi connectivity index (χ1) is 3.71. The Morgan fingerprint density at radius 1 is 1.50 bits per heavy atom. The SMILES string of the molecule is [O-][N+]1([O-])C[CH]SCC1. The molecule has 1 saturated heterocycles. The minimum Gasteiger partial charge on any atom is -0.632 e. The molecule has 1 rings (SSSR count). The van der Waals surface area contributed by atoms with Gasteiger partial charge in [0.25, 0.3) is 0 Å². The van der Waals surface area contributed by atoms with Crippen molar-refractivity contribution in [3.8, 4) is 0 Å². The second-order valence-electron chi connectivity index (χ2n) is 1.76. The van der Waals surface area contributed by atoms with Gasteiger partial charge in [0, 0.05) is 5.75 Å². The van der Waals surface area contributed by atoms with Gasteiger partial charge in [0.1, 0.15) is 0 Å². The summed E-state index contributed by atoms with van der Waals surface area (Å²) in [6.07, 6.45) is 0. The molecule has 1 fully saturated rings. The molecular formula is C4H7NO2S-. The molecule has 0 N–H and O–H groups in total. The first-order valence-electron chi connectivity index (χ1n) is 2.43. The zero-order valence-corrected chi connectivity index (χ0v) is 5.19. The van der Waals surface area contributed by atoms with Gasteiger partial charge >= 0.3 is 0 Å². The lowest BCUT2D eigenvalue weighted by atomic mass is 10.6. The van der Waals surface area contributed by atoms with Crippen molar-refractivity contribution in [2.45, 2.75) is 0 Å². The van der Waals surface area contributed by atoms with Gasteiger partial charge < -0.3 is 15.2 Å². The van der Waals surface area contributed by atoms with Crippen molar-refractivity contribution in [2.24, 2.45) is 0 Å². The summed E-state index contributed by atoms with van der Waals surface area (Å²) in [6.45, 7) is 0.325. The summed E-state index contributed by atoms with van der Waals surface area (Å²) >= 11 is 1.56. The van der Waals surface area contributed by atoms with E-state index in [-0.39, 0.29) is 13.1 Å². The molecule has 1 aliphatic rings. The largest absolute Gasteiger partial charge is 0.632 e. The maximum atomic E-state index is 10.5. The van der Waals surface area contributed by atoms with Crippen LogP contribution in [0.4, 0.5) is 0 Å². The first-order valence-corrected chi connectivity index (χ1v) is 3.48. The Labute approximate surface area is 52.4 Å². The van der Waals surface area contributed by atoms with Crippen LogP contribution in [-0.2, 0) is 0 Å². The normalized spacial score (nSPS) is 27.8. The molecule has 0 unspecified atom stereocenters. The van der Waals surface area contributed by atoms with Gasteiger partial charge in [-0.1, -0.05) is 0 Å². The lowest BCUT2D eigenvalue weighted by Crippen LogP contribution is -2.40. The highest BCUT2D eigenvalue weighted by molar-refractivity contribution is 8.01. The second kappa shape index (κ2) is 2.23. The summed E-state index contributed by atoms with van der Waals surface area (Å²) in [7, 11) is 0. The molecule has 0 aromatic heterocycles. The fourth-order valence-electron chi connectivity index (χ4n) is 0.533. The Balaban J connectivity index is 2.33. The van der Waals surface area contributed by atoms with Crippen LogP contribution in [-0.4, -0.2) is 23.7 Å². The highest BCUT2D eigenvalue weighted by Crippen LogP contribution is 2.17. The van der Waals surface area contributed by atoms with E-state index in [1.807, 2.05) is 0 Å². The average molecular weight is 133 g/mol. The van der Waals surface area contributed by atoms with Crippen LogP contribution in [0.25, 0.3) is 0 Å². The molecule has 0 saturated carbocycles. The lowest BCUT2D eigenvalue weighted by molar-refractivity contribution is -0.823. The highest BCUT2D eigenvalue weighted by atomic mass is 32.2. The van der Waals surface area contributed by atoms with Crippen LogP contribution in [0.5, 0.6) is 0 Å². The van der Waals surface area contributed by atoms with Crippen LogP contribution < -0.4 is 0 Å². The number of hydroxylamine groups is 4. The van der Waals surface area contributed by atoms with Crippen molar-refractivity contribution in [1.29, 1.82) is 0 Å². The summed E-state index contributed by atoms with van der Waals surface area (Å²) in [5.41, 5.74) is 0. The lowest BCUT2D eigenvalue weighted by Gasteiger charge is -2.48. The molecule has 1 aliphatic heterocycles. The minimum atomic E-state index is -1.33. The molecule has 0 aromatic rings. The molecule has 0 spiro atoms. The zero-order chi connectivity index (χ0) is 6.04. The van der Waals surface area contributed by atoms with E-state index in [9.17, 15) is 10.4 Å². The number of nitrogens with zero attached hydrogens (tertiary/aromatic N) is 1. The maximum Gasteiger partial charge on any atom is 0.0915 e. The molecule has 0 bridgehead atoms. The third kappa shape index (κ3) is 1.63. The van der Waals surface area contributed by atoms with E-state index in [1.165, 1.54) is 0 Å². The monoisotopic (exact) mass is 133 g/mol. The van der Waals surface area contributed by atoms with E-state index in [4.69, 9.17) is 0 Å². The Hall–Kier alpha value is 0.230. The standard InChI is InChI=1S/C4H7NO2S/c6-5(7)1-3-8-4-2-5/h3H,1-2,4H2/q-1. The average Bonchev–Trinajstić information content (AvgIpc) is 1.65. The first kappa shape index (κ1) is 6.35. The predicted molar refractivity (Wildman–Crippen MR) is 33.5 cm³/mol. The molecule has 0 aromatic carbocycles. The maximum absolute atomic E-state index is 10.5. The summed E-state index contributed by atoms with van der Waals surface area (Å²) in [5.74, 6) is 2.36. The van der Waals surface area contributed by atoms with E-state index >= 15 is 0 Å². The van der Waals surface area contributed by atoms with Crippen molar-refractivity contribution in [2.75, 3.05) is 18.8 Å². The number of thioether (sulfide) groups is 1. The predicted octanol–water partition coefficient (Wildman–Crippen LogP) is 0.707. The molecule has 47 valence electrons. The Morgan fingerprint density at radius 3 is 2.50 bits per heavy atom. The summed E-state index contributed by atoms with van der Waals surface area (Å²) in [4.78, 5) is -1.33. The molecule has 1 heterocycles. The topological polar surface area (TPSA) is 46.1 Å². The highest BCUT2D eigenvalue weighted by Gasteiger charge is 2.10. The summed E-state index contributed by atoms with van der Waals surface area (Å²) in [5, 5.41) is 20.9. The molecule has 1 radical (unpaired) electrons. The van der Waals surface area contributed by atoms with Crippen LogP contribution >= 0.6 is 11.8 Å². The van der Waals surface area contributed by atoms with Gasteiger partial charge in [-0.15, -0.1) is 11.8 Å². The molecule has 3 nitrogen and oxygen atoms in total. The van der Waals surface area contributed by atoms with Crippen LogP contribution in [0.3, 0.4) is 0 Å². The van der Waals surface area contributed by atoms with Crippen molar-refractivity contribution in [3.63, 3.8) is 0 Å². The van der Waals surface area contributed by atoms with Gasteiger partial charge in [0.05, 0.1) is 18.8 Å². The van der Waals surface area contributed by atoms with Crippen molar-refractivity contribution in [1.82, 2.24) is 0 Å². The minimum absolute atomic E-state index is 0.116. The number of rotatable bonds is 0. The van der Waals surface area contributed by atoms with Gasteiger partial charge in [0.15, 0.2) is 0 Å². The van der Waals surface area contributed by atoms with E-state index in [0.29, 0.717) is 5.75 Å². The Bertz CT molecular complexity index is 78.1. The Kier molecular flexibility index (Phi) is 1.77. The quantitative estimate of drug-likeness (QED) is 0.361. The molecule has 8 heavy (non-hydrogen) atoms. The molecular weight excluding hydrogens is 126 g/mol. The van der Waals surface area contributed by atoms with Crippen LogP contribution in [0.2, 0.25) is 0 Å². The van der Waals surface area contributed by atoms with Crippen molar-refractivity contribution in [3.05, 3.63) is 16.2 Å². The van der Waals surface area contributed by atoms with Crippen molar-refractivity contribution >= 4 is 11.8 Å². The number of hydrogen-bond acceptors (Lipinski definition) is 3. The third-order valence-corrected chi connectivity index (χ3v) is 1.82. The summed E-state index contributed by atoms with van der Waals surface area (Å²) in [6, 6.07) is 0. The van der Waals surface area contributed by atoms with Gasteiger partial charge in [-0.05, 0) is 0 Å². The van der Waals surface area contributed by atoms with Gasteiger partial charge in [-0.3, -0.25) is 0 Å². The number of quaternary nitrogens is 1. The zero-order valence-electron chi connectivity index (χ0n) is 4.37. The fraction of sp³-hybridized carbons (Fsp3) is 0.750.